The van der Waals surface area contributed by atoms with Crippen molar-refractivity contribution in [1.82, 2.24) is 9.62 Å². The Morgan fingerprint density at radius 3 is 2.29 bits per heavy atom. The Hall–Kier alpha value is -1.18. The Morgan fingerprint density at radius 2 is 1.76 bits per heavy atom. The highest BCUT2D eigenvalue weighted by molar-refractivity contribution is 7.90. The van der Waals surface area contributed by atoms with Gasteiger partial charge in [0.25, 0.3) is 0 Å². The predicted octanol–water partition coefficient (Wildman–Crippen LogP) is 1.83. The predicted molar refractivity (Wildman–Crippen MR) is 84.1 cm³/mol. The molecular weight excluding hydrogens is 293 g/mol. The molecule has 0 saturated carbocycles. The van der Waals surface area contributed by atoms with Crippen molar-refractivity contribution in [3.63, 3.8) is 0 Å². The summed E-state index contributed by atoms with van der Waals surface area (Å²) in [6, 6.07) is 5.76. The highest BCUT2D eigenvalue weighted by atomic mass is 32.2. The minimum atomic E-state index is -3.59. The number of halogens is 1. The molecule has 0 aliphatic heterocycles. The Morgan fingerprint density at radius 1 is 1.19 bits per heavy atom. The third kappa shape index (κ3) is 5.26. The maximum Gasteiger partial charge on any atom is 0.303 e. The van der Waals surface area contributed by atoms with Gasteiger partial charge in [0.05, 0.1) is 5.69 Å². The minimum absolute atomic E-state index is 0.383. The van der Waals surface area contributed by atoms with Gasteiger partial charge in [-0.25, -0.2) is 4.39 Å². The van der Waals surface area contributed by atoms with Crippen molar-refractivity contribution >= 4 is 15.9 Å². The van der Waals surface area contributed by atoms with Gasteiger partial charge in [0, 0.05) is 26.7 Å². The lowest BCUT2D eigenvalue weighted by Gasteiger charge is -2.26. The number of nitrogens with zero attached hydrogens (tertiary/aromatic N) is 2. The monoisotopic (exact) mass is 317 g/mol. The largest absolute Gasteiger partial charge is 0.314 e. The minimum Gasteiger partial charge on any atom is -0.314 e. The molecule has 0 aliphatic carbocycles. The van der Waals surface area contributed by atoms with E-state index < -0.39 is 16.0 Å². The van der Waals surface area contributed by atoms with Crippen molar-refractivity contribution in [2.75, 3.05) is 31.5 Å². The molecule has 0 bridgehead atoms. The third-order valence-electron chi connectivity index (χ3n) is 3.13. The molecule has 1 aromatic carbocycles. The first kappa shape index (κ1) is 17.9. The molecule has 7 heteroatoms. The highest BCUT2D eigenvalue weighted by Crippen LogP contribution is 2.18. The van der Waals surface area contributed by atoms with Crippen LogP contribution in [0.1, 0.15) is 20.3 Å². The van der Waals surface area contributed by atoms with Crippen LogP contribution in [0.15, 0.2) is 24.3 Å². The van der Waals surface area contributed by atoms with Gasteiger partial charge in [-0.1, -0.05) is 13.8 Å². The third-order valence-corrected chi connectivity index (χ3v) is 5.01. The maximum absolute atomic E-state index is 12.9. The topological polar surface area (TPSA) is 52.7 Å². The summed E-state index contributed by atoms with van der Waals surface area (Å²) in [6.07, 6.45) is 0.727. The Labute approximate surface area is 126 Å². The van der Waals surface area contributed by atoms with E-state index in [1.807, 2.05) is 13.8 Å². The highest BCUT2D eigenvalue weighted by Gasteiger charge is 2.23. The van der Waals surface area contributed by atoms with Crippen LogP contribution in [0.5, 0.6) is 0 Å². The molecule has 0 aromatic heterocycles. The number of hydrogen-bond donors (Lipinski definition) is 1. The van der Waals surface area contributed by atoms with Gasteiger partial charge < -0.3 is 5.32 Å². The summed E-state index contributed by atoms with van der Waals surface area (Å²) in [4.78, 5) is 0. The lowest BCUT2D eigenvalue weighted by molar-refractivity contribution is 0.446. The fraction of sp³-hybridized carbons (Fsp3) is 0.571. The molecule has 0 atom stereocenters. The fourth-order valence-corrected chi connectivity index (χ4v) is 2.97. The van der Waals surface area contributed by atoms with Crippen LogP contribution >= 0.6 is 0 Å². The molecule has 0 spiro atoms. The number of anilines is 1. The van der Waals surface area contributed by atoms with Gasteiger partial charge in [-0.3, -0.25) is 4.31 Å². The average molecular weight is 317 g/mol. The summed E-state index contributed by atoms with van der Waals surface area (Å²) < 4.78 is 40.1. The molecule has 0 aliphatic rings. The molecule has 120 valence electrons. The molecule has 21 heavy (non-hydrogen) atoms. The normalized spacial score (nSPS) is 12.1. The number of hydrogen-bond acceptors (Lipinski definition) is 3. The van der Waals surface area contributed by atoms with Crippen LogP contribution in [0.25, 0.3) is 0 Å². The summed E-state index contributed by atoms with van der Waals surface area (Å²) in [7, 11) is -0.579. The van der Waals surface area contributed by atoms with Crippen LogP contribution in [-0.2, 0) is 10.2 Å². The van der Waals surface area contributed by atoms with Gasteiger partial charge in [-0.15, -0.1) is 0 Å². The van der Waals surface area contributed by atoms with Crippen LogP contribution in [0.2, 0.25) is 0 Å². The van der Waals surface area contributed by atoms with E-state index in [1.54, 1.807) is 7.05 Å². The van der Waals surface area contributed by atoms with Crippen molar-refractivity contribution < 1.29 is 12.8 Å². The second kappa shape index (κ2) is 7.72. The Kier molecular flexibility index (Phi) is 6.57. The van der Waals surface area contributed by atoms with Crippen molar-refractivity contribution in [2.24, 2.45) is 0 Å². The molecule has 0 fully saturated rings. The summed E-state index contributed by atoms with van der Waals surface area (Å²) in [5, 5.41) is 3.24. The average Bonchev–Trinajstić information content (AvgIpc) is 2.43. The number of nitrogens with one attached hydrogen (secondary N) is 1. The number of rotatable bonds is 8. The van der Waals surface area contributed by atoms with Gasteiger partial charge in [-0.05, 0) is 37.2 Å². The van der Waals surface area contributed by atoms with E-state index in [0.717, 1.165) is 17.3 Å². The van der Waals surface area contributed by atoms with E-state index in [2.05, 4.69) is 5.32 Å². The van der Waals surface area contributed by atoms with E-state index in [4.69, 9.17) is 0 Å². The summed E-state index contributed by atoms with van der Waals surface area (Å²) in [6.45, 7) is 5.27. The molecule has 5 nitrogen and oxygen atoms in total. The SMILES string of the molecule is CC(C)NCCCN(C)S(=O)(=O)N(C)c1ccc(F)cc1. The second-order valence-electron chi connectivity index (χ2n) is 5.24. The lowest BCUT2D eigenvalue weighted by Crippen LogP contribution is -2.41. The van der Waals surface area contributed by atoms with E-state index in [-0.39, 0.29) is 0 Å². The Balaban J connectivity index is 2.64. The van der Waals surface area contributed by atoms with Gasteiger partial charge >= 0.3 is 10.2 Å². The van der Waals surface area contributed by atoms with Crippen molar-refractivity contribution in [3.8, 4) is 0 Å². The van der Waals surface area contributed by atoms with Crippen LogP contribution in [0, 0.1) is 5.82 Å². The zero-order chi connectivity index (χ0) is 16.0. The number of benzene rings is 1. The molecule has 0 heterocycles. The van der Waals surface area contributed by atoms with Crippen LogP contribution in [0.3, 0.4) is 0 Å². The second-order valence-corrected chi connectivity index (χ2v) is 7.30. The molecule has 0 unspecified atom stereocenters. The first-order valence-electron chi connectivity index (χ1n) is 6.94. The molecule has 1 rings (SSSR count). The van der Waals surface area contributed by atoms with Crippen LogP contribution in [-0.4, -0.2) is 45.9 Å². The molecule has 1 aromatic rings. The summed E-state index contributed by atoms with van der Waals surface area (Å²) in [5.41, 5.74) is 0.434. The Bertz CT molecular complexity index is 532. The zero-order valence-corrected chi connectivity index (χ0v) is 13.8. The lowest BCUT2D eigenvalue weighted by atomic mass is 10.3. The van der Waals surface area contributed by atoms with Crippen molar-refractivity contribution in [1.29, 1.82) is 0 Å². The van der Waals surface area contributed by atoms with E-state index >= 15 is 0 Å². The molecule has 1 N–H and O–H groups in total. The standard InChI is InChI=1S/C14H24FN3O2S/c1-12(2)16-10-5-11-17(3)21(19,20)18(4)14-8-6-13(15)7-9-14/h6-9,12,16H,5,10-11H2,1-4H3. The van der Waals surface area contributed by atoms with E-state index in [9.17, 15) is 12.8 Å². The van der Waals surface area contributed by atoms with Gasteiger partial charge in [0.15, 0.2) is 0 Å². The van der Waals surface area contributed by atoms with Crippen LogP contribution < -0.4 is 9.62 Å². The van der Waals surface area contributed by atoms with Gasteiger partial charge in [0.2, 0.25) is 0 Å². The molecular formula is C14H24FN3O2S. The van der Waals surface area contributed by atoms with Gasteiger partial charge in [0.1, 0.15) is 5.82 Å². The van der Waals surface area contributed by atoms with Crippen LogP contribution in [0.4, 0.5) is 10.1 Å². The van der Waals surface area contributed by atoms with Gasteiger partial charge in [-0.2, -0.15) is 12.7 Å². The summed E-state index contributed by atoms with van der Waals surface area (Å²) >= 11 is 0. The first-order valence-corrected chi connectivity index (χ1v) is 8.34. The van der Waals surface area contributed by atoms with Crippen molar-refractivity contribution in [3.05, 3.63) is 30.1 Å². The van der Waals surface area contributed by atoms with E-state index in [1.165, 1.54) is 35.6 Å². The molecule has 0 amide bonds. The first-order chi connectivity index (χ1) is 9.75. The smallest absolute Gasteiger partial charge is 0.303 e. The maximum atomic E-state index is 12.9. The summed E-state index contributed by atoms with van der Waals surface area (Å²) in [5.74, 6) is -0.391. The van der Waals surface area contributed by atoms with E-state index in [0.29, 0.717) is 18.3 Å². The molecule has 0 radical (unpaired) electrons. The fourth-order valence-electron chi connectivity index (χ4n) is 1.80. The van der Waals surface area contributed by atoms with Crippen molar-refractivity contribution in [2.45, 2.75) is 26.3 Å². The zero-order valence-electron chi connectivity index (χ0n) is 13.0. The molecule has 0 saturated heterocycles. The quantitative estimate of drug-likeness (QED) is 0.744.